The summed E-state index contributed by atoms with van der Waals surface area (Å²) in [6.45, 7) is 1.86. The summed E-state index contributed by atoms with van der Waals surface area (Å²) >= 11 is 5.63. The molecule has 10 heteroatoms. The fourth-order valence-electron chi connectivity index (χ4n) is 2.28. The van der Waals surface area contributed by atoms with Crippen LogP contribution in [0.4, 0.5) is 42.0 Å². The molecule has 0 spiro atoms. The Morgan fingerprint density at radius 2 is 1.70 bits per heavy atom. The first kappa shape index (κ1) is 18.7. The van der Waals surface area contributed by atoms with Gasteiger partial charge < -0.3 is 16.4 Å². The molecule has 0 fully saturated rings. The zero-order valence-electron chi connectivity index (χ0n) is 14.0. The summed E-state index contributed by atoms with van der Waals surface area (Å²) in [6.07, 6.45) is -1.73. The third kappa shape index (κ3) is 4.20. The van der Waals surface area contributed by atoms with Crippen molar-refractivity contribution in [2.24, 2.45) is 0 Å². The highest BCUT2D eigenvalue weighted by Crippen LogP contribution is 2.37. The maximum Gasteiger partial charge on any atom is 0.417 e. The van der Waals surface area contributed by atoms with E-state index >= 15 is 0 Å². The number of rotatable bonds is 4. The van der Waals surface area contributed by atoms with Gasteiger partial charge in [0.2, 0.25) is 0 Å². The second-order valence-corrected chi connectivity index (χ2v) is 6.00. The van der Waals surface area contributed by atoms with Crippen molar-refractivity contribution in [2.45, 2.75) is 13.1 Å². The van der Waals surface area contributed by atoms with Gasteiger partial charge in [-0.25, -0.2) is 15.0 Å². The fraction of sp³-hybridized carbons (Fsp3) is 0.118. The minimum Gasteiger partial charge on any atom is -0.393 e. The topological polar surface area (TPSA) is 88.8 Å². The van der Waals surface area contributed by atoms with Crippen molar-refractivity contribution in [2.75, 3.05) is 16.4 Å². The lowest BCUT2D eigenvalue weighted by molar-refractivity contribution is -0.137. The van der Waals surface area contributed by atoms with Crippen LogP contribution in [0.1, 0.15) is 11.1 Å². The molecule has 3 aromatic rings. The number of nitrogens with one attached hydrogen (secondary N) is 2. The second-order valence-electron chi connectivity index (χ2n) is 5.60. The first-order chi connectivity index (χ1) is 12.8. The molecular weight excluding hydrogens is 381 g/mol. The number of pyridine rings is 1. The van der Waals surface area contributed by atoms with Crippen LogP contribution in [-0.4, -0.2) is 15.0 Å². The van der Waals surface area contributed by atoms with Crippen LogP contribution in [0.2, 0.25) is 5.02 Å². The van der Waals surface area contributed by atoms with Gasteiger partial charge in [0.1, 0.15) is 17.8 Å². The smallest absolute Gasteiger partial charge is 0.393 e. The van der Waals surface area contributed by atoms with E-state index < -0.39 is 16.8 Å². The standard InChI is InChI=1S/C17H14ClF3N6/c1-9-3-2-6-23-14(9)27-16-13(22)15(24-8-25-16)26-10-4-5-12(18)11(7-10)17(19,20)21/h2-8H,22H2,1H3,(H2,23,24,25,26,27). The Kier molecular flexibility index (Phi) is 5.04. The van der Waals surface area contributed by atoms with Gasteiger partial charge in [0.05, 0.1) is 10.6 Å². The zero-order chi connectivity index (χ0) is 19.6. The van der Waals surface area contributed by atoms with Crippen molar-refractivity contribution in [1.29, 1.82) is 0 Å². The van der Waals surface area contributed by atoms with E-state index in [1.165, 1.54) is 12.4 Å². The highest BCUT2D eigenvalue weighted by Gasteiger charge is 2.33. The molecule has 0 aliphatic heterocycles. The van der Waals surface area contributed by atoms with Crippen LogP contribution >= 0.6 is 11.6 Å². The SMILES string of the molecule is Cc1cccnc1Nc1ncnc(Nc2ccc(Cl)c(C(F)(F)F)c2)c1N. The monoisotopic (exact) mass is 394 g/mol. The van der Waals surface area contributed by atoms with E-state index in [1.807, 2.05) is 13.0 Å². The number of halogens is 4. The Morgan fingerprint density at radius 1 is 1.00 bits per heavy atom. The summed E-state index contributed by atoms with van der Waals surface area (Å²) in [5.74, 6) is 0.982. The van der Waals surface area contributed by atoms with Crippen LogP contribution < -0.4 is 16.4 Å². The van der Waals surface area contributed by atoms with E-state index in [4.69, 9.17) is 17.3 Å². The molecule has 0 bridgehead atoms. The predicted octanol–water partition coefficient (Wildman–Crippen LogP) is 4.92. The highest BCUT2D eigenvalue weighted by molar-refractivity contribution is 6.31. The van der Waals surface area contributed by atoms with Crippen LogP contribution in [0.25, 0.3) is 0 Å². The number of nitrogens with zero attached hydrogens (tertiary/aromatic N) is 3. The molecule has 3 rings (SSSR count). The summed E-state index contributed by atoms with van der Waals surface area (Å²) in [4.78, 5) is 12.2. The molecule has 0 unspecified atom stereocenters. The Bertz CT molecular complexity index is 977. The van der Waals surface area contributed by atoms with Crippen LogP contribution in [0.3, 0.4) is 0 Å². The van der Waals surface area contributed by atoms with E-state index in [0.717, 1.165) is 17.7 Å². The van der Waals surface area contributed by atoms with Crippen molar-refractivity contribution in [3.63, 3.8) is 0 Å². The third-order valence-corrected chi connectivity index (χ3v) is 3.99. The Morgan fingerprint density at radius 3 is 2.37 bits per heavy atom. The lowest BCUT2D eigenvalue weighted by Crippen LogP contribution is -2.08. The van der Waals surface area contributed by atoms with Gasteiger partial charge >= 0.3 is 6.18 Å². The van der Waals surface area contributed by atoms with Gasteiger partial charge in [-0.1, -0.05) is 17.7 Å². The Labute approximate surface area is 157 Å². The Balaban J connectivity index is 1.90. The lowest BCUT2D eigenvalue weighted by Gasteiger charge is -2.15. The minimum atomic E-state index is -4.57. The van der Waals surface area contributed by atoms with E-state index in [1.54, 1.807) is 12.3 Å². The van der Waals surface area contributed by atoms with Crippen molar-refractivity contribution in [1.82, 2.24) is 15.0 Å². The average Bonchev–Trinajstić information content (AvgIpc) is 2.61. The summed E-state index contributed by atoms with van der Waals surface area (Å²) in [6, 6.07) is 7.09. The number of benzene rings is 1. The Hall–Kier alpha value is -3.07. The van der Waals surface area contributed by atoms with Crippen LogP contribution in [-0.2, 0) is 6.18 Å². The quantitative estimate of drug-likeness (QED) is 0.582. The van der Waals surface area contributed by atoms with E-state index in [-0.39, 0.29) is 23.0 Å². The normalized spacial score (nSPS) is 11.3. The van der Waals surface area contributed by atoms with E-state index in [2.05, 4.69) is 25.6 Å². The number of hydrogen-bond donors (Lipinski definition) is 3. The highest BCUT2D eigenvalue weighted by atomic mass is 35.5. The number of aromatic nitrogens is 3. The van der Waals surface area contributed by atoms with Gasteiger partial charge in [0, 0.05) is 11.9 Å². The second kappa shape index (κ2) is 7.28. The molecule has 6 nitrogen and oxygen atoms in total. The molecule has 0 radical (unpaired) electrons. The lowest BCUT2D eigenvalue weighted by atomic mass is 10.2. The van der Waals surface area contributed by atoms with Gasteiger partial charge in [0.25, 0.3) is 0 Å². The van der Waals surface area contributed by atoms with Crippen molar-refractivity contribution >= 4 is 40.4 Å². The summed E-state index contributed by atoms with van der Waals surface area (Å²) in [7, 11) is 0. The molecule has 4 N–H and O–H groups in total. The molecule has 2 aromatic heterocycles. The molecule has 2 heterocycles. The van der Waals surface area contributed by atoms with Crippen molar-refractivity contribution in [3.8, 4) is 0 Å². The third-order valence-electron chi connectivity index (χ3n) is 3.66. The molecule has 140 valence electrons. The van der Waals surface area contributed by atoms with Gasteiger partial charge in [-0.05, 0) is 36.8 Å². The van der Waals surface area contributed by atoms with Crippen molar-refractivity contribution < 1.29 is 13.2 Å². The van der Waals surface area contributed by atoms with Gasteiger partial charge in [-0.15, -0.1) is 0 Å². The zero-order valence-corrected chi connectivity index (χ0v) is 14.7. The average molecular weight is 395 g/mol. The molecule has 1 aromatic carbocycles. The van der Waals surface area contributed by atoms with Crippen LogP contribution in [0.15, 0.2) is 42.9 Å². The fourth-order valence-corrected chi connectivity index (χ4v) is 2.51. The van der Waals surface area contributed by atoms with E-state index in [0.29, 0.717) is 5.82 Å². The largest absolute Gasteiger partial charge is 0.417 e. The molecule has 0 saturated carbocycles. The van der Waals surface area contributed by atoms with Crippen LogP contribution in [0, 0.1) is 6.92 Å². The number of alkyl halides is 3. The number of hydrogen-bond acceptors (Lipinski definition) is 6. The van der Waals surface area contributed by atoms with Crippen LogP contribution in [0.5, 0.6) is 0 Å². The summed E-state index contributed by atoms with van der Waals surface area (Å²) < 4.78 is 39.0. The maximum absolute atomic E-state index is 13.0. The van der Waals surface area contributed by atoms with Gasteiger partial charge in [-0.2, -0.15) is 13.2 Å². The summed E-state index contributed by atoms with van der Waals surface area (Å²) in [5, 5.41) is 5.35. The number of anilines is 5. The molecule has 27 heavy (non-hydrogen) atoms. The minimum absolute atomic E-state index is 0.131. The maximum atomic E-state index is 13.0. The van der Waals surface area contributed by atoms with E-state index in [9.17, 15) is 13.2 Å². The molecule has 0 atom stereocenters. The number of aryl methyl sites for hydroxylation is 1. The predicted molar refractivity (Wildman–Crippen MR) is 98.4 cm³/mol. The first-order valence-electron chi connectivity index (χ1n) is 7.68. The van der Waals surface area contributed by atoms with Gasteiger partial charge in [-0.3, -0.25) is 0 Å². The number of nitrogen functional groups attached to an aromatic ring is 1. The molecule has 0 saturated heterocycles. The summed E-state index contributed by atoms with van der Waals surface area (Å²) in [5.41, 5.74) is 6.24. The molecule has 0 aliphatic carbocycles. The molecule has 0 aliphatic rings. The number of nitrogens with two attached hydrogens (primary N) is 1. The van der Waals surface area contributed by atoms with Gasteiger partial charge in [0.15, 0.2) is 11.6 Å². The molecule has 0 amide bonds. The first-order valence-corrected chi connectivity index (χ1v) is 8.06. The molecular formula is C17H14ClF3N6. The van der Waals surface area contributed by atoms with Crippen molar-refractivity contribution in [3.05, 3.63) is 59.0 Å².